The van der Waals surface area contributed by atoms with Gasteiger partial charge < -0.3 is 19.9 Å². The average Bonchev–Trinajstić information content (AvgIpc) is 3.11. The maximum atomic E-state index is 12.7. The first kappa shape index (κ1) is 17.4. The van der Waals surface area contributed by atoms with Crippen molar-refractivity contribution in [1.29, 1.82) is 0 Å². The number of aliphatic hydroxyl groups is 1. The SMILES string of the molecule is O=C(N[C@H]1CCCN(c2ncccn2)C1)c1ccc2c(c1)ncn2CCO. The maximum Gasteiger partial charge on any atom is 0.251 e. The van der Waals surface area contributed by atoms with Gasteiger partial charge in [-0.15, -0.1) is 0 Å². The zero-order valence-electron chi connectivity index (χ0n) is 15.0. The van der Waals surface area contributed by atoms with Gasteiger partial charge in [0.2, 0.25) is 5.95 Å². The molecule has 3 heterocycles. The second-order valence-electron chi connectivity index (χ2n) is 6.67. The number of nitrogens with one attached hydrogen (secondary N) is 1. The Morgan fingerprint density at radius 2 is 2.11 bits per heavy atom. The van der Waals surface area contributed by atoms with Crippen LogP contribution in [0.3, 0.4) is 0 Å². The maximum absolute atomic E-state index is 12.7. The van der Waals surface area contributed by atoms with E-state index in [0.29, 0.717) is 24.6 Å². The molecular formula is C19H22N6O2. The molecule has 4 rings (SSSR count). The average molecular weight is 366 g/mol. The van der Waals surface area contributed by atoms with Crippen molar-refractivity contribution in [3.05, 3.63) is 48.5 Å². The molecule has 8 nitrogen and oxygen atoms in total. The second-order valence-corrected chi connectivity index (χ2v) is 6.67. The minimum absolute atomic E-state index is 0.0526. The second kappa shape index (κ2) is 7.71. The number of carbonyl (C=O) groups is 1. The number of nitrogens with zero attached hydrogens (tertiary/aromatic N) is 5. The molecule has 0 saturated carbocycles. The Morgan fingerprint density at radius 3 is 2.93 bits per heavy atom. The lowest BCUT2D eigenvalue weighted by Gasteiger charge is -2.33. The lowest BCUT2D eigenvalue weighted by Crippen LogP contribution is -2.48. The van der Waals surface area contributed by atoms with Gasteiger partial charge in [-0.1, -0.05) is 0 Å². The Hall–Kier alpha value is -3.00. The molecule has 1 aliphatic rings. The van der Waals surface area contributed by atoms with Gasteiger partial charge in [-0.3, -0.25) is 4.79 Å². The van der Waals surface area contributed by atoms with Gasteiger partial charge in [0.05, 0.1) is 24.0 Å². The number of aliphatic hydroxyl groups excluding tert-OH is 1. The summed E-state index contributed by atoms with van der Waals surface area (Å²) in [6.45, 7) is 2.13. The lowest BCUT2D eigenvalue weighted by atomic mass is 10.1. The number of benzene rings is 1. The molecule has 0 bridgehead atoms. The third kappa shape index (κ3) is 3.75. The molecule has 1 aromatic carbocycles. The van der Waals surface area contributed by atoms with Crippen LogP contribution in [0.4, 0.5) is 5.95 Å². The van der Waals surface area contributed by atoms with E-state index in [9.17, 15) is 4.79 Å². The monoisotopic (exact) mass is 366 g/mol. The number of rotatable bonds is 5. The van der Waals surface area contributed by atoms with E-state index < -0.39 is 0 Å². The van der Waals surface area contributed by atoms with Crippen LogP contribution in [0.15, 0.2) is 43.0 Å². The van der Waals surface area contributed by atoms with E-state index in [2.05, 4.69) is 25.2 Å². The number of anilines is 1. The van der Waals surface area contributed by atoms with Crippen LogP contribution in [0, 0.1) is 0 Å². The summed E-state index contributed by atoms with van der Waals surface area (Å²) in [4.78, 5) is 27.7. The third-order valence-corrected chi connectivity index (χ3v) is 4.82. The fraction of sp³-hybridized carbons (Fsp3) is 0.368. The van der Waals surface area contributed by atoms with Crippen molar-refractivity contribution in [3.8, 4) is 0 Å². The van der Waals surface area contributed by atoms with Crippen molar-refractivity contribution >= 4 is 22.9 Å². The third-order valence-electron chi connectivity index (χ3n) is 4.82. The van der Waals surface area contributed by atoms with Crippen molar-refractivity contribution in [3.63, 3.8) is 0 Å². The Bertz CT molecular complexity index is 926. The number of amides is 1. The zero-order valence-corrected chi connectivity index (χ0v) is 15.0. The minimum atomic E-state index is -0.102. The summed E-state index contributed by atoms with van der Waals surface area (Å²) < 4.78 is 1.87. The van der Waals surface area contributed by atoms with Gasteiger partial charge in [-0.2, -0.15) is 0 Å². The van der Waals surface area contributed by atoms with Gasteiger partial charge in [0.1, 0.15) is 0 Å². The van der Waals surface area contributed by atoms with E-state index in [-0.39, 0.29) is 18.6 Å². The number of hydrogen-bond acceptors (Lipinski definition) is 6. The van der Waals surface area contributed by atoms with E-state index in [1.54, 1.807) is 36.9 Å². The van der Waals surface area contributed by atoms with E-state index in [1.165, 1.54) is 0 Å². The highest BCUT2D eigenvalue weighted by Gasteiger charge is 2.23. The summed E-state index contributed by atoms with van der Waals surface area (Å²) in [5, 5.41) is 12.2. The summed E-state index contributed by atoms with van der Waals surface area (Å²) in [7, 11) is 0. The number of carbonyl (C=O) groups excluding carboxylic acids is 1. The van der Waals surface area contributed by atoms with Crippen LogP contribution in [0.1, 0.15) is 23.2 Å². The van der Waals surface area contributed by atoms with Crippen LogP contribution in [0.2, 0.25) is 0 Å². The van der Waals surface area contributed by atoms with Crippen molar-refractivity contribution in [2.75, 3.05) is 24.6 Å². The predicted octanol–water partition coefficient (Wildman–Crippen LogP) is 1.22. The Morgan fingerprint density at radius 1 is 1.26 bits per heavy atom. The van der Waals surface area contributed by atoms with Crippen LogP contribution in [-0.4, -0.2) is 56.3 Å². The van der Waals surface area contributed by atoms with Gasteiger partial charge in [0.25, 0.3) is 5.91 Å². The molecule has 1 amide bonds. The molecule has 2 N–H and O–H groups in total. The van der Waals surface area contributed by atoms with E-state index in [4.69, 9.17) is 5.11 Å². The molecule has 0 spiro atoms. The van der Waals surface area contributed by atoms with E-state index >= 15 is 0 Å². The van der Waals surface area contributed by atoms with Gasteiger partial charge >= 0.3 is 0 Å². The molecule has 27 heavy (non-hydrogen) atoms. The van der Waals surface area contributed by atoms with Crippen LogP contribution in [0.5, 0.6) is 0 Å². The van der Waals surface area contributed by atoms with Crippen molar-refractivity contribution < 1.29 is 9.90 Å². The first-order valence-electron chi connectivity index (χ1n) is 9.13. The Labute approximate surface area is 156 Å². The molecule has 1 aliphatic heterocycles. The highest BCUT2D eigenvalue weighted by molar-refractivity contribution is 5.97. The number of piperidine rings is 1. The van der Waals surface area contributed by atoms with Crippen molar-refractivity contribution in [1.82, 2.24) is 24.8 Å². The molecule has 1 atom stereocenters. The summed E-state index contributed by atoms with van der Waals surface area (Å²) in [5.74, 6) is 0.599. The molecule has 0 aliphatic carbocycles. The normalized spacial score (nSPS) is 17.2. The molecule has 1 saturated heterocycles. The van der Waals surface area contributed by atoms with Crippen molar-refractivity contribution in [2.45, 2.75) is 25.4 Å². The fourth-order valence-corrected chi connectivity index (χ4v) is 3.49. The molecule has 0 radical (unpaired) electrons. The number of aromatic nitrogens is 4. The van der Waals surface area contributed by atoms with Crippen LogP contribution in [0.25, 0.3) is 11.0 Å². The molecule has 1 fully saturated rings. The summed E-state index contributed by atoms with van der Waals surface area (Å²) in [6.07, 6.45) is 7.06. The van der Waals surface area contributed by atoms with E-state index in [0.717, 1.165) is 30.4 Å². The molecule has 3 aromatic rings. The molecule has 8 heteroatoms. The number of hydrogen-bond donors (Lipinski definition) is 2. The predicted molar refractivity (Wildman–Crippen MR) is 102 cm³/mol. The van der Waals surface area contributed by atoms with Gasteiger partial charge in [0.15, 0.2) is 0 Å². The van der Waals surface area contributed by atoms with Gasteiger partial charge in [-0.05, 0) is 37.1 Å². The largest absolute Gasteiger partial charge is 0.395 e. The van der Waals surface area contributed by atoms with Crippen molar-refractivity contribution in [2.24, 2.45) is 0 Å². The number of imidazole rings is 1. The highest BCUT2D eigenvalue weighted by Crippen LogP contribution is 2.18. The number of fused-ring (bicyclic) bond motifs is 1. The fourth-order valence-electron chi connectivity index (χ4n) is 3.49. The standard InChI is InChI=1S/C19H22N6O2/c26-10-9-25-13-22-16-11-14(4-5-17(16)25)18(27)23-15-3-1-8-24(12-15)19-20-6-2-7-21-19/h2,4-7,11,13,15,26H,1,3,8-10,12H2,(H,23,27)/t15-/m0/s1. The topological polar surface area (TPSA) is 96.2 Å². The zero-order chi connectivity index (χ0) is 18.6. The molecule has 0 unspecified atom stereocenters. The summed E-state index contributed by atoms with van der Waals surface area (Å²) in [5.41, 5.74) is 2.24. The lowest BCUT2D eigenvalue weighted by molar-refractivity contribution is 0.0933. The first-order valence-corrected chi connectivity index (χ1v) is 9.13. The Kier molecular flexibility index (Phi) is 4.97. The quantitative estimate of drug-likeness (QED) is 0.705. The molecule has 2 aromatic heterocycles. The van der Waals surface area contributed by atoms with Crippen LogP contribution < -0.4 is 10.2 Å². The first-order chi connectivity index (χ1) is 13.2. The van der Waals surface area contributed by atoms with Gasteiger partial charge in [0, 0.05) is 43.6 Å². The highest BCUT2D eigenvalue weighted by atomic mass is 16.3. The van der Waals surface area contributed by atoms with Gasteiger partial charge in [-0.25, -0.2) is 15.0 Å². The smallest absolute Gasteiger partial charge is 0.251 e. The minimum Gasteiger partial charge on any atom is -0.395 e. The molecule has 140 valence electrons. The van der Waals surface area contributed by atoms with E-state index in [1.807, 2.05) is 10.6 Å². The van der Waals surface area contributed by atoms with Crippen LogP contribution in [-0.2, 0) is 6.54 Å². The summed E-state index contributed by atoms with van der Waals surface area (Å²) >= 11 is 0. The van der Waals surface area contributed by atoms with Crippen LogP contribution >= 0.6 is 0 Å². The Balaban J connectivity index is 1.44. The summed E-state index contributed by atoms with van der Waals surface area (Å²) in [6, 6.07) is 7.31. The molecular weight excluding hydrogens is 344 g/mol.